The van der Waals surface area contributed by atoms with E-state index in [9.17, 15) is 4.79 Å². The summed E-state index contributed by atoms with van der Waals surface area (Å²) in [7, 11) is 0. The maximum atomic E-state index is 11.4. The molecule has 1 heterocycles. The quantitative estimate of drug-likeness (QED) is 0.801. The summed E-state index contributed by atoms with van der Waals surface area (Å²) in [6, 6.07) is 8.22. The van der Waals surface area contributed by atoms with Gasteiger partial charge >= 0.3 is 0 Å². The van der Waals surface area contributed by atoms with E-state index < -0.39 is 0 Å². The van der Waals surface area contributed by atoms with Gasteiger partial charge in [-0.15, -0.1) is 5.10 Å². The first-order valence-corrected chi connectivity index (χ1v) is 7.62. The summed E-state index contributed by atoms with van der Waals surface area (Å²) < 4.78 is 0. The Hall–Kier alpha value is -1.82. The van der Waals surface area contributed by atoms with E-state index in [0.29, 0.717) is 17.5 Å². The molecule has 0 aliphatic heterocycles. The number of hydrogen-bond acceptors (Lipinski definition) is 4. The van der Waals surface area contributed by atoms with Gasteiger partial charge in [0.2, 0.25) is 11.1 Å². The Morgan fingerprint density at radius 1 is 1.30 bits per heavy atom. The van der Waals surface area contributed by atoms with Crippen molar-refractivity contribution in [1.29, 1.82) is 0 Å². The van der Waals surface area contributed by atoms with Crippen molar-refractivity contribution >= 4 is 17.7 Å². The van der Waals surface area contributed by atoms with Crippen molar-refractivity contribution in [2.75, 3.05) is 12.3 Å². The Morgan fingerprint density at radius 3 is 2.70 bits per heavy atom. The van der Waals surface area contributed by atoms with Gasteiger partial charge in [0.15, 0.2) is 5.82 Å². The minimum Gasteiger partial charge on any atom is -0.356 e. The number of amides is 1. The van der Waals surface area contributed by atoms with Crippen LogP contribution < -0.4 is 5.32 Å². The number of nitrogens with zero attached hydrogens (tertiary/aromatic N) is 2. The third-order valence-corrected chi connectivity index (χ3v) is 3.65. The standard InChI is InChI=1S/C14H18N4OS/c1-3-10-5-7-11(8-6-10)13-16-14(18-17-13)20-9-12(19)15-4-2/h5-8H,3-4,9H2,1-2H3,(H,15,19)(H,16,17,18). The molecule has 0 saturated carbocycles. The zero-order valence-electron chi connectivity index (χ0n) is 11.6. The molecule has 0 aliphatic rings. The average Bonchev–Trinajstić information content (AvgIpc) is 2.94. The SMILES string of the molecule is CCNC(=O)CSc1n[nH]c(-c2ccc(CC)cc2)n1. The second-order valence-electron chi connectivity index (χ2n) is 4.26. The molecule has 20 heavy (non-hydrogen) atoms. The number of nitrogens with one attached hydrogen (secondary N) is 2. The molecule has 1 aromatic carbocycles. The second kappa shape index (κ2) is 7.09. The zero-order valence-corrected chi connectivity index (χ0v) is 12.5. The molecule has 0 fully saturated rings. The number of benzene rings is 1. The molecule has 6 heteroatoms. The van der Waals surface area contributed by atoms with E-state index in [4.69, 9.17) is 0 Å². The highest BCUT2D eigenvalue weighted by Crippen LogP contribution is 2.19. The van der Waals surface area contributed by atoms with Crippen LogP contribution >= 0.6 is 11.8 Å². The number of hydrogen-bond donors (Lipinski definition) is 2. The Balaban J connectivity index is 1.99. The van der Waals surface area contributed by atoms with E-state index in [2.05, 4.69) is 39.6 Å². The van der Waals surface area contributed by atoms with E-state index >= 15 is 0 Å². The number of thioether (sulfide) groups is 1. The lowest BCUT2D eigenvalue weighted by Crippen LogP contribution is -2.24. The van der Waals surface area contributed by atoms with Gasteiger partial charge in [0.05, 0.1) is 5.75 Å². The summed E-state index contributed by atoms with van der Waals surface area (Å²) in [6.07, 6.45) is 1.02. The molecule has 2 N–H and O–H groups in total. The summed E-state index contributed by atoms with van der Waals surface area (Å²) in [5, 5.41) is 10.3. The predicted molar refractivity (Wildman–Crippen MR) is 80.6 cm³/mol. The fraction of sp³-hybridized carbons (Fsp3) is 0.357. The number of carbonyl (C=O) groups excluding carboxylic acids is 1. The van der Waals surface area contributed by atoms with Crippen molar-refractivity contribution in [3.8, 4) is 11.4 Å². The first-order chi connectivity index (χ1) is 9.72. The molecule has 0 radical (unpaired) electrons. The molecule has 106 valence electrons. The lowest BCUT2D eigenvalue weighted by atomic mass is 10.1. The Kier molecular flexibility index (Phi) is 5.17. The molecule has 0 spiro atoms. The molecule has 0 bridgehead atoms. The molecule has 5 nitrogen and oxygen atoms in total. The molecule has 0 saturated heterocycles. The van der Waals surface area contributed by atoms with Gasteiger partial charge in [-0.3, -0.25) is 9.89 Å². The van der Waals surface area contributed by atoms with Gasteiger partial charge in [-0.25, -0.2) is 4.98 Å². The van der Waals surface area contributed by atoms with E-state index in [-0.39, 0.29) is 5.91 Å². The highest BCUT2D eigenvalue weighted by molar-refractivity contribution is 7.99. The van der Waals surface area contributed by atoms with Crippen LogP contribution in [0.5, 0.6) is 0 Å². The van der Waals surface area contributed by atoms with Crippen LogP contribution in [0.25, 0.3) is 11.4 Å². The molecule has 2 aromatic rings. The van der Waals surface area contributed by atoms with Crippen LogP contribution in [0.15, 0.2) is 29.4 Å². The van der Waals surface area contributed by atoms with Gasteiger partial charge in [0, 0.05) is 12.1 Å². The smallest absolute Gasteiger partial charge is 0.230 e. The number of aromatic amines is 1. The van der Waals surface area contributed by atoms with Gasteiger partial charge in [-0.1, -0.05) is 43.0 Å². The molecule has 1 aromatic heterocycles. The van der Waals surface area contributed by atoms with Gasteiger partial charge in [-0.2, -0.15) is 0 Å². The van der Waals surface area contributed by atoms with E-state index in [1.807, 2.05) is 19.1 Å². The van der Waals surface area contributed by atoms with E-state index in [0.717, 1.165) is 17.8 Å². The third kappa shape index (κ3) is 3.84. The van der Waals surface area contributed by atoms with Crippen LogP contribution in [0, 0.1) is 0 Å². The van der Waals surface area contributed by atoms with E-state index in [1.165, 1.54) is 17.3 Å². The molecule has 0 atom stereocenters. The molecule has 0 unspecified atom stereocenters. The summed E-state index contributed by atoms with van der Waals surface area (Å²) in [5.74, 6) is 1.06. The van der Waals surface area contributed by atoms with Crippen LogP contribution in [-0.4, -0.2) is 33.4 Å². The first kappa shape index (κ1) is 14.6. The zero-order chi connectivity index (χ0) is 14.4. The predicted octanol–water partition coefficient (Wildman–Crippen LogP) is 2.26. The molecule has 0 aliphatic carbocycles. The minimum absolute atomic E-state index is 0.00357. The topological polar surface area (TPSA) is 70.7 Å². The van der Waals surface area contributed by atoms with Crippen molar-refractivity contribution in [2.24, 2.45) is 0 Å². The first-order valence-electron chi connectivity index (χ1n) is 6.64. The van der Waals surface area contributed by atoms with Crippen molar-refractivity contribution in [2.45, 2.75) is 25.4 Å². The van der Waals surface area contributed by atoms with Crippen molar-refractivity contribution < 1.29 is 4.79 Å². The fourth-order valence-corrected chi connectivity index (χ4v) is 2.34. The van der Waals surface area contributed by atoms with Gasteiger partial charge in [0.25, 0.3) is 0 Å². The lowest BCUT2D eigenvalue weighted by molar-refractivity contribution is -0.118. The van der Waals surface area contributed by atoms with Gasteiger partial charge in [-0.05, 0) is 18.9 Å². The van der Waals surface area contributed by atoms with Gasteiger partial charge in [0.1, 0.15) is 0 Å². The number of H-pyrrole nitrogens is 1. The van der Waals surface area contributed by atoms with Crippen LogP contribution in [0.2, 0.25) is 0 Å². The number of rotatable bonds is 6. The molecular weight excluding hydrogens is 272 g/mol. The van der Waals surface area contributed by atoms with Crippen LogP contribution in [0.3, 0.4) is 0 Å². The second-order valence-corrected chi connectivity index (χ2v) is 5.20. The Bertz CT molecular complexity index is 565. The maximum absolute atomic E-state index is 11.4. The van der Waals surface area contributed by atoms with Crippen LogP contribution in [0.4, 0.5) is 0 Å². The summed E-state index contributed by atoms with van der Waals surface area (Å²) in [4.78, 5) is 15.8. The summed E-state index contributed by atoms with van der Waals surface area (Å²) in [5.41, 5.74) is 2.29. The summed E-state index contributed by atoms with van der Waals surface area (Å²) in [6.45, 7) is 4.66. The molecular formula is C14H18N4OS. The number of carbonyl (C=O) groups is 1. The Labute approximate surface area is 122 Å². The Morgan fingerprint density at radius 2 is 2.05 bits per heavy atom. The largest absolute Gasteiger partial charge is 0.356 e. The number of aryl methyl sites for hydroxylation is 1. The average molecular weight is 290 g/mol. The maximum Gasteiger partial charge on any atom is 0.230 e. The van der Waals surface area contributed by atoms with Crippen molar-refractivity contribution in [1.82, 2.24) is 20.5 Å². The monoisotopic (exact) mass is 290 g/mol. The summed E-state index contributed by atoms with van der Waals surface area (Å²) >= 11 is 1.33. The van der Waals surface area contributed by atoms with Crippen molar-refractivity contribution in [3.63, 3.8) is 0 Å². The van der Waals surface area contributed by atoms with Gasteiger partial charge < -0.3 is 5.32 Å². The normalized spacial score (nSPS) is 10.5. The van der Waals surface area contributed by atoms with Crippen molar-refractivity contribution in [3.05, 3.63) is 29.8 Å². The third-order valence-electron chi connectivity index (χ3n) is 2.81. The van der Waals surface area contributed by atoms with Crippen LogP contribution in [-0.2, 0) is 11.2 Å². The number of aromatic nitrogens is 3. The fourth-order valence-electron chi connectivity index (χ4n) is 1.72. The lowest BCUT2D eigenvalue weighted by Gasteiger charge is -1.99. The molecule has 1 amide bonds. The molecule has 2 rings (SSSR count). The van der Waals surface area contributed by atoms with Crippen LogP contribution in [0.1, 0.15) is 19.4 Å². The highest BCUT2D eigenvalue weighted by Gasteiger charge is 2.08. The highest BCUT2D eigenvalue weighted by atomic mass is 32.2. The minimum atomic E-state index is -0.00357. The van der Waals surface area contributed by atoms with E-state index in [1.54, 1.807) is 0 Å².